The Morgan fingerprint density at radius 2 is 1.89 bits per heavy atom. The standard InChI is InChI=1S/C17H19Cl4N3O3/c1-16(2,3)13-7-14(22-15(26)27-9-17(19,20)21)24(23-13)12-5-10(8-25)4-11(18)6-12/h4-7,25H,8-9H2,1-3H3,(H,22,26). The fourth-order valence-electron chi connectivity index (χ4n) is 2.17. The predicted molar refractivity (Wildman–Crippen MR) is 108 cm³/mol. The predicted octanol–water partition coefficient (Wildman–Crippen LogP) is 5.23. The van der Waals surface area contributed by atoms with Crippen LogP contribution in [0.15, 0.2) is 24.3 Å². The molecule has 148 valence electrons. The van der Waals surface area contributed by atoms with E-state index in [4.69, 9.17) is 51.1 Å². The molecule has 0 fully saturated rings. The van der Waals surface area contributed by atoms with Crippen LogP contribution >= 0.6 is 46.4 Å². The van der Waals surface area contributed by atoms with Crippen LogP contribution in [-0.4, -0.2) is 31.4 Å². The first kappa shape index (κ1) is 22.1. The molecule has 1 amide bonds. The van der Waals surface area contributed by atoms with Gasteiger partial charge in [0.25, 0.3) is 0 Å². The quantitative estimate of drug-likeness (QED) is 0.619. The van der Waals surface area contributed by atoms with E-state index in [1.807, 2.05) is 20.8 Å². The lowest BCUT2D eigenvalue weighted by Crippen LogP contribution is -2.22. The number of alkyl halides is 3. The van der Waals surface area contributed by atoms with Gasteiger partial charge in [-0.25, -0.2) is 9.48 Å². The van der Waals surface area contributed by atoms with Crippen molar-refractivity contribution in [3.05, 3.63) is 40.5 Å². The van der Waals surface area contributed by atoms with E-state index in [-0.39, 0.29) is 12.0 Å². The number of benzene rings is 1. The molecule has 1 heterocycles. The van der Waals surface area contributed by atoms with Crippen LogP contribution in [0.4, 0.5) is 10.6 Å². The van der Waals surface area contributed by atoms with Crippen LogP contribution in [0.1, 0.15) is 32.0 Å². The van der Waals surface area contributed by atoms with Crippen molar-refractivity contribution in [2.45, 2.75) is 36.6 Å². The molecule has 2 aromatic rings. The van der Waals surface area contributed by atoms with Crippen LogP contribution in [0.3, 0.4) is 0 Å². The molecule has 0 unspecified atom stereocenters. The van der Waals surface area contributed by atoms with Gasteiger partial charge in [0.2, 0.25) is 3.79 Å². The maximum atomic E-state index is 12.1. The maximum Gasteiger partial charge on any atom is 0.412 e. The van der Waals surface area contributed by atoms with Crippen molar-refractivity contribution in [2.75, 3.05) is 11.9 Å². The zero-order valence-electron chi connectivity index (χ0n) is 14.9. The van der Waals surface area contributed by atoms with Crippen LogP contribution < -0.4 is 5.32 Å². The molecule has 0 aliphatic heterocycles. The van der Waals surface area contributed by atoms with Gasteiger partial charge >= 0.3 is 6.09 Å². The number of halogens is 4. The lowest BCUT2D eigenvalue weighted by Gasteiger charge is -2.14. The number of carbonyl (C=O) groups is 1. The molecular weight excluding hydrogens is 436 g/mol. The summed E-state index contributed by atoms with van der Waals surface area (Å²) in [6.45, 7) is 5.37. The van der Waals surface area contributed by atoms with Crippen molar-refractivity contribution in [3.63, 3.8) is 0 Å². The Hall–Kier alpha value is -1.18. The lowest BCUT2D eigenvalue weighted by atomic mass is 9.92. The molecule has 1 aromatic carbocycles. The molecule has 0 atom stereocenters. The highest BCUT2D eigenvalue weighted by atomic mass is 35.6. The smallest absolute Gasteiger partial charge is 0.412 e. The minimum atomic E-state index is -1.71. The van der Waals surface area contributed by atoms with E-state index in [1.165, 1.54) is 4.68 Å². The van der Waals surface area contributed by atoms with Gasteiger partial charge in [-0.15, -0.1) is 0 Å². The fraction of sp³-hybridized carbons (Fsp3) is 0.412. The first-order valence-corrected chi connectivity index (χ1v) is 9.42. The number of aromatic nitrogens is 2. The number of carbonyl (C=O) groups excluding carboxylic acids is 1. The van der Waals surface area contributed by atoms with Gasteiger partial charge in [0.15, 0.2) is 0 Å². The Bertz CT molecular complexity index is 826. The topological polar surface area (TPSA) is 76.4 Å². The summed E-state index contributed by atoms with van der Waals surface area (Å²) in [7, 11) is 0. The molecule has 0 saturated carbocycles. The number of hydrogen-bond acceptors (Lipinski definition) is 4. The molecule has 0 bridgehead atoms. The molecule has 2 rings (SSSR count). The third-order valence-corrected chi connectivity index (χ3v) is 3.99. The Labute approximate surface area is 177 Å². The summed E-state index contributed by atoms with van der Waals surface area (Å²) in [5.74, 6) is 0.348. The minimum Gasteiger partial charge on any atom is -0.445 e. The molecule has 27 heavy (non-hydrogen) atoms. The molecule has 2 N–H and O–H groups in total. The van der Waals surface area contributed by atoms with Crippen molar-refractivity contribution in [1.82, 2.24) is 9.78 Å². The van der Waals surface area contributed by atoms with Crippen LogP contribution in [0, 0.1) is 0 Å². The summed E-state index contributed by atoms with van der Waals surface area (Å²) in [5, 5.41) is 17.0. The second kappa shape index (κ2) is 8.45. The zero-order chi connectivity index (χ0) is 20.4. The van der Waals surface area contributed by atoms with E-state index in [0.717, 1.165) is 5.69 Å². The molecule has 1 aromatic heterocycles. The van der Waals surface area contributed by atoms with Gasteiger partial charge in [-0.2, -0.15) is 5.10 Å². The molecule has 0 aliphatic carbocycles. The van der Waals surface area contributed by atoms with E-state index < -0.39 is 16.5 Å². The Kier molecular flexibility index (Phi) is 6.92. The lowest BCUT2D eigenvalue weighted by molar-refractivity contribution is 0.163. The van der Waals surface area contributed by atoms with Gasteiger partial charge in [-0.1, -0.05) is 67.2 Å². The highest BCUT2D eigenvalue weighted by Crippen LogP contribution is 2.29. The van der Waals surface area contributed by atoms with Crippen LogP contribution in [0.2, 0.25) is 5.02 Å². The number of aliphatic hydroxyl groups is 1. The number of ether oxygens (including phenoxy) is 1. The second-order valence-corrected chi connectivity index (χ2v) is 9.82. The van der Waals surface area contributed by atoms with E-state index in [0.29, 0.717) is 22.1 Å². The van der Waals surface area contributed by atoms with Crippen molar-refractivity contribution in [3.8, 4) is 5.69 Å². The van der Waals surface area contributed by atoms with E-state index in [1.54, 1.807) is 24.3 Å². The Balaban J connectivity index is 2.40. The Morgan fingerprint density at radius 1 is 1.22 bits per heavy atom. The number of nitrogens with zero attached hydrogens (tertiary/aromatic N) is 2. The first-order valence-electron chi connectivity index (χ1n) is 7.91. The van der Waals surface area contributed by atoms with Crippen molar-refractivity contribution < 1.29 is 14.6 Å². The van der Waals surface area contributed by atoms with Crippen molar-refractivity contribution in [1.29, 1.82) is 0 Å². The molecule has 0 spiro atoms. The molecule has 6 nitrogen and oxygen atoms in total. The van der Waals surface area contributed by atoms with E-state index in [2.05, 4.69) is 10.4 Å². The number of hydrogen-bond donors (Lipinski definition) is 2. The average molecular weight is 455 g/mol. The summed E-state index contributed by atoms with van der Waals surface area (Å²) in [6, 6.07) is 6.73. The van der Waals surface area contributed by atoms with Crippen LogP contribution in [-0.2, 0) is 16.8 Å². The minimum absolute atomic E-state index is 0.186. The molecule has 10 heteroatoms. The monoisotopic (exact) mass is 453 g/mol. The fourth-order valence-corrected chi connectivity index (χ4v) is 2.58. The third kappa shape index (κ3) is 6.43. The van der Waals surface area contributed by atoms with Crippen LogP contribution in [0.5, 0.6) is 0 Å². The Morgan fingerprint density at radius 3 is 2.44 bits per heavy atom. The number of amides is 1. The van der Waals surface area contributed by atoms with Crippen LogP contribution in [0.25, 0.3) is 5.69 Å². The molecule has 0 radical (unpaired) electrons. The number of nitrogens with one attached hydrogen (secondary N) is 1. The summed E-state index contributed by atoms with van der Waals surface area (Å²) in [4.78, 5) is 12.1. The highest BCUT2D eigenvalue weighted by Gasteiger charge is 2.24. The highest BCUT2D eigenvalue weighted by molar-refractivity contribution is 6.67. The summed E-state index contributed by atoms with van der Waals surface area (Å²) >= 11 is 22.9. The number of anilines is 1. The molecule has 0 saturated heterocycles. The van der Waals surface area contributed by atoms with Crippen molar-refractivity contribution >= 4 is 58.3 Å². The number of aliphatic hydroxyl groups excluding tert-OH is 1. The summed E-state index contributed by atoms with van der Waals surface area (Å²) in [6.07, 6.45) is -0.799. The van der Waals surface area contributed by atoms with E-state index in [9.17, 15) is 9.90 Å². The zero-order valence-corrected chi connectivity index (χ0v) is 17.9. The van der Waals surface area contributed by atoms with Gasteiger partial charge in [0, 0.05) is 16.5 Å². The second-order valence-electron chi connectivity index (χ2n) is 6.87. The molecular formula is C17H19Cl4N3O3. The SMILES string of the molecule is CC(C)(C)c1cc(NC(=O)OCC(Cl)(Cl)Cl)n(-c2cc(Cl)cc(CO)c2)n1. The third-order valence-electron chi connectivity index (χ3n) is 3.44. The summed E-state index contributed by atoms with van der Waals surface area (Å²) < 4.78 is 4.70. The normalized spacial score (nSPS) is 12.1. The average Bonchev–Trinajstić information content (AvgIpc) is 2.95. The van der Waals surface area contributed by atoms with Gasteiger partial charge in [0.05, 0.1) is 18.0 Å². The van der Waals surface area contributed by atoms with E-state index >= 15 is 0 Å². The van der Waals surface area contributed by atoms with Gasteiger partial charge in [-0.05, 0) is 23.8 Å². The maximum absolute atomic E-state index is 12.1. The number of rotatable bonds is 4. The van der Waals surface area contributed by atoms with Gasteiger partial charge in [-0.3, -0.25) is 5.32 Å². The summed E-state index contributed by atoms with van der Waals surface area (Å²) in [5.41, 5.74) is 1.63. The largest absolute Gasteiger partial charge is 0.445 e. The molecule has 0 aliphatic rings. The van der Waals surface area contributed by atoms with Gasteiger partial charge in [0.1, 0.15) is 12.4 Å². The van der Waals surface area contributed by atoms with Gasteiger partial charge < -0.3 is 9.84 Å². The first-order chi connectivity index (χ1) is 12.4. The van der Waals surface area contributed by atoms with Crippen molar-refractivity contribution in [2.24, 2.45) is 0 Å².